The topological polar surface area (TPSA) is 39.7 Å². The molecule has 1 fully saturated rings. The monoisotopic (exact) mass is 279 g/mol. The summed E-state index contributed by atoms with van der Waals surface area (Å²) in [6, 6.07) is 8.14. The quantitative estimate of drug-likeness (QED) is 0.743. The lowest BCUT2D eigenvalue weighted by Crippen LogP contribution is -2.39. The number of hydrogen-bond acceptors (Lipinski definition) is 4. The molecule has 1 aromatic rings. The summed E-state index contributed by atoms with van der Waals surface area (Å²) in [7, 11) is 0. The van der Waals surface area contributed by atoms with E-state index in [0.717, 1.165) is 31.1 Å². The van der Waals surface area contributed by atoms with Crippen LogP contribution < -0.4 is 14.8 Å². The Morgan fingerprint density at radius 1 is 1.35 bits per heavy atom. The van der Waals surface area contributed by atoms with Crippen LogP contribution in [0, 0.1) is 0 Å². The minimum absolute atomic E-state index is 0.358. The van der Waals surface area contributed by atoms with Crippen molar-refractivity contribution in [2.24, 2.45) is 0 Å². The lowest BCUT2D eigenvalue weighted by atomic mass is 10.1. The summed E-state index contributed by atoms with van der Waals surface area (Å²) in [4.78, 5) is 0. The van der Waals surface area contributed by atoms with E-state index in [1.54, 1.807) is 0 Å². The van der Waals surface area contributed by atoms with Gasteiger partial charge in [0.1, 0.15) is 18.1 Å². The highest BCUT2D eigenvalue weighted by molar-refractivity contribution is 5.32. The number of hydrogen-bond donors (Lipinski definition) is 1. The number of nitrogens with one attached hydrogen (secondary N) is 1. The summed E-state index contributed by atoms with van der Waals surface area (Å²) >= 11 is 0. The highest BCUT2D eigenvalue weighted by Crippen LogP contribution is 2.19. The minimum Gasteiger partial charge on any atom is -0.494 e. The maximum Gasteiger partial charge on any atom is 0.123 e. The van der Waals surface area contributed by atoms with Crippen LogP contribution in [0.1, 0.15) is 26.7 Å². The van der Waals surface area contributed by atoms with E-state index in [0.29, 0.717) is 25.4 Å². The first-order valence-electron chi connectivity index (χ1n) is 7.50. The van der Waals surface area contributed by atoms with Crippen molar-refractivity contribution in [1.82, 2.24) is 5.32 Å². The molecule has 0 amide bonds. The van der Waals surface area contributed by atoms with Gasteiger partial charge < -0.3 is 19.5 Å². The molecular weight excluding hydrogens is 254 g/mol. The molecule has 0 bridgehead atoms. The minimum atomic E-state index is 0.358. The van der Waals surface area contributed by atoms with Crippen molar-refractivity contribution >= 4 is 0 Å². The van der Waals surface area contributed by atoms with Gasteiger partial charge in [0.2, 0.25) is 0 Å². The normalized spacial score (nSPS) is 19.8. The van der Waals surface area contributed by atoms with Crippen molar-refractivity contribution in [1.29, 1.82) is 0 Å². The first-order chi connectivity index (χ1) is 9.79. The molecule has 2 rings (SSSR count). The SMILES string of the molecule is CCOc1cccc(OCCNC(C)C2CCCO2)c1. The average Bonchev–Trinajstić information content (AvgIpc) is 2.98. The zero-order valence-electron chi connectivity index (χ0n) is 12.4. The Hall–Kier alpha value is -1.26. The van der Waals surface area contributed by atoms with Crippen LogP contribution in [0.2, 0.25) is 0 Å². The molecule has 4 heteroatoms. The number of ether oxygens (including phenoxy) is 3. The van der Waals surface area contributed by atoms with E-state index < -0.39 is 0 Å². The summed E-state index contributed by atoms with van der Waals surface area (Å²) in [5.41, 5.74) is 0. The van der Waals surface area contributed by atoms with Crippen molar-refractivity contribution in [3.05, 3.63) is 24.3 Å². The molecule has 1 saturated heterocycles. The van der Waals surface area contributed by atoms with Crippen LogP contribution in [-0.2, 0) is 4.74 Å². The standard InChI is InChI=1S/C16H25NO3/c1-3-18-14-6-4-7-15(12-14)19-11-9-17-13(2)16-8-5-10-20-16/h4,6-7,12-13,16-17H,3,5,8-11H2,1-2H3. The molecule has 112 valence electrons. The highest BCUT2D eigenvalue weighted by atomic mass is 16.5. The Labute approximate surface area is 121 Å². The van der Waals surface area contributed by atoms with Crippen molar-refractivity contribution < 1.29 is 14.2 Å². The largest absolute Gasteiger partial charge is 0.494 e. The molecular formula is C16H25NO3. The molecule has 0 radical (unpaired) electrons. The first-order valence-corrected chi connectivity index (χ1v) is 7.50. The van der Waals surface area contributed by atoms with Gasteiger partial charge in [0.05, 0.1) is 12.7 Å². The van der Waals surface area contributed by atoms with Gasteiger partial charge in [0.15, 0.2) is 0 Å². The van der Waals surface area contributed by atoms with Gasteiger partial charge in [-0.3, -0.25) is 0 Å². The van der Waals surface area contributed by atoms with Gasteiger partial charge >= 0.3 is 0 Å². The van der Waals surface area contributed by atoms with Gasteiger partial charge in [-0.25, -0.2) is 0 Å². The van der Waals surface area contributed by atoms with Crippen molar-refractivity contribution in [3.63, 3.8) is 0 Å². The van der Waals surface area contributed by atoms with Gasteiger partial charge in [0.25, 0.3) is 0 Å². The second-order valence-corrected chi connectivity index (χ2v) is 5.05. The summed E-state index contributed by atoms with van der Waals surface area (Å²) in [5, 5.41) is 3.45. The van der Waals surface area contributed by atoms with E-state index in [-0.39, 0.29) is 0 Å². The van der Waals surface area contributed by atoms with E-state index in [4.69, 9.17) is 14.2 Å². The molecule has 0 aromatic heterocycles. The summed E-state index contributed by atoms with van der Waals surface area (Å²) in [5.74, 6) is 1.70. The summed E-state index contributed by atoms with van der Waals surface area (Å²) < 4.78 is 16.8. The first kappa shape index (κ1) is 15.1. The van der Waals surface area contributed by atoms with E-state index in [9.17, 15) is 0 Å². The molecule has 2 atom stereocenters. The third-order valence-corrected chi connectivity index (χ3v) is 3.48. The second-order valence-electron chi connectivity index (χ2n) is 5.05. The van der Waals surface area contributed by atoms with Crippen LogP contribution in [0.3, 0.4) is 0 Å². The Morgan fingerprint density at radius 2 is 2.15 bits per heavy atom. The molecule has 1 aliphatic heterocycles. The third kappa shape index (κ3) is 4.69. The van der Waals surface area contributed by atoms with Crippen LogP contribution in [-0.4, -0.2) is 38.5 Å². The lowest BCUT2D eigenvalue weighted by Gasteiger charge is -2.20. The molecule has 1 aromatic carbocycles. The fourth-order valence-corrected chi connectivity index (χ4v) is 2.40. The van der Waals surface area contributed by atoms with Gasteiger partial charge in [-0.15, -0.1) is 0 Å². The van der Waals surface area contributed by atoms with Gasteiger partial charge in [0, 0.05) is 25.3 Å². The van der Waals surface area contributed by atoms with Crippen molar-refractivity contribution in [3.8, 4) is 11.5 Å². The molecule has 20 heavy (non-hydrogen) atoms. The maximum atomic E-state index is 5.72. The van der Waals surface area contributed by atoms with Crippen LogP contribution in [0.5, 0.6) is 11.5 Å². The van der Waals surface area contributed by atoms with Crippen LogP contribution in [0.25, 0.3) is 0 Å². The second kappa shape index (κ2) is 8.12. The van der Waals surface area contributed by atoms with E-state index in [1.807, 2.05) is 31.2 Å². The molecule has 0 spiro atoms. The van der Waals surface area contributed by atoms with E-state index in [2.05, 4.69) is 12.2 Å². The average molecular weight is 279 g/mol. The molecule has 2 unspecified atom stereocenters. The van der Waals surface area contributed by atoms with E-state index >= 15 is 0 Å². The number of benzene rings is 1. The smallest absolute Gasteiger partial charge is 0.123 e. The molecule has 1 aliphatic rings. The predicted molar refractivity (Wildman–Crippen MR) is 79.5 cm³/mol. The van der Waals surface area contributed by atoms with Crippen LogP contribution in [0.15, 0.2) is 24.3 Å². The molecule has 4 nitrogen and oxygen atoms in total. The number of rotatable bonds is 8. The third-order valence-electron chi connectivity index (χ3n) is 3.48. The zero-order valence-corrected chi connectivity index (χ0v) is 12.4. The predicted octanol–water partition coefficient (Wildman–Crippen LogP) is 2.62. The molecule has 0 saturated carbocycles. The fourth-order valence-electron chi connectivity index (χ4n) is 2.40. The van der Waals surface area contributed by atoms with Crippen LogP contribution >= 0.6 is 0 Å². The lowest BCUT2D eigenvalue weighted by molar-refractivity contribution is 0.0824. The van der Waals surface area contributed by atoms with Crippen molar-refractivity contribution in [2.45, 2.75) is 38.8 Å². The maximum absolute atomic E-state index is 5.72. The van der Waals surface area contributed by atoms with E-state index in [1.165, 1.54) is 6.42 Å². The Morgan fingerprint density at radius 3 is 2.85 bits per heavy atom. The van der Waals surface area contributed by atoms with Gasteiger partial charge in [-0.05, 0) is 38.8 Å². The fraction of sp³-hybridized carbons (Fsp3) is 0.625. The molecule has 1 heterocycles. The Kier molecular flexibility index (Phi) is 6.15. The molecule has 0 aliphatic carbocycles. The zero-order chi connectivity index (χ0) is 14.2. The summed E-state index contributed by atoms with van der Waals surface area (Å²) in [6.07, 6.45) is 2.69. The van der Waals surface area contributed by atoms with Gasteiger partial charge in [-0.2, -0.15) is 0 Å². The Balaban J connectivity index is 1.66. The highest BCUT2D eigenvalue weighted by Gasteiger charge is 2.21. The van der Waals surface area contributed by atoms with Gasteiger partial charge in [-0.1, -0.05) is 6.07 Å². The van der Waals surface area contributed by atoms with Crippen LogP contribution in [0.4, 0.5) is 0 Å². The summed E-state index contributed by atoms with van der Waals surface area (Å²) in [6.45, 7) is 7.18. The van der Waals surface area contributed by atoms with Crippen molar-refractivity contribution in [2.75, 3.05) is 26.4 Å². The Bertz CT molecular complexity index is 391. The molecule has 1 N–H and O–H groups in total.